The quantitative estimate of drug-likeness (QED) is 0.688. The Balaban J connectivity index is 1.57. The predicted octanol–water partition coefficient (Wildman–Crippen LogP) is 3.71. The van der Waals surface area contributed by atoms with Gasteiger partial charge in [0.25, 0.3) is 5.56 Å². The van der Waals surface area contributed by atoms with Crippen LogP contribution < -0.4 is 11.0 Å². The summed E-state index contributed by atoms with van der Waals surface area (Å²) in [5, 5.41) is 0.552. The first-order valence-corrected chi connectivity index (χ1v) is 10.4. The van der Waals surface area contributed by atoms with Crippen molar-refractivity contribution in [3.63, 3.8) is 0 Å². The molecule has 146 valence electrons. The Morgan fingerprint density at radius 1 is 1.32 bits per heavy atom. The van der Waals surface area contributed by atoms with Crippen molar-refractivity contribution < 1.29 is 9.53 Å². The summed E-state index contributed by atoms with van der Waals surface area (Å²) in [7, 11) is 0. The predicted molar refractivity (Wildman–Crippen MR) is 111 cm³/mol. The molecule has 0 aliphatic heterocycles. The van der Waals surface area contributed by atoms with Gasteiger partial charge in [0.05, 0.1) is 11.5 Å². The van der Waals surface area contributed by atoms with Crippen LogP contribution in [0.1, 0.15) is 31.1 Å². The number of nitrogens with zero attached hydrogens (tertiary/aromatic N) is 2. The van der Waals surface area contributed by atoms with Crippen molar-refractivity contribution in [1.29, 1.82) is 0 Å². The number of aromatic nitrogens is 2. The Kier molecular flexibility index (Phi) is 5.28. The SMILES string of the molecule is CCOC1CC(CC(=O)Nn2cnc3sc(C)c(-c4ccccc4)c3c2=O)C1. The Morgan fingerprint density at radius 3 is 2.79 bits per heavy atom. The second-order valence-electron chi connectivity index (χ2n) is 7.15. The van der Waals surface area contributed by atoms with E-state index in [1.54, 1.807) is 0 Å². The third kappa shape index (κ3) is 3.59. The van der Waals surface area contributed by atoms with Crippen LogP contribution in [-0.2, 0) is 9.53 Å². The first kappa shape index (κ1) is 18.8. The summed E-state index contributed by atoms with van der Waals surface area (Å²) in [4.78, 5) is 31.6. The van der Waals surface area contributed by atoms with E-state index in [1.165, 1.54) is 22.3 Å². The number of carbonyl (C=O) groups excluding carboxylic acids is 1. The number of carbonyl (C=O) groups is 1. The van der Waals surface area contributed by atoms with E-state index < -0.39 is 0 Å². The van der Waals surface area contributed by atoms with Crippen LogP contribution in [0.3, 0.4) is 0 Å². The first-order valence-electron chi connectivity index (χ1n) is 9.54. The molecule has 28 heavy (non-hydrogen) atoms. The fourth-order valence-corrected chi connectivity index (χ4v) is 4.79. The third-order valence-electron chi connectivity index (χ3n) is 5.17. The number of ether oxygens (including phenoxy) is 1. The highest BCUT2D eigenvalue weighted by Gasteiger charge is 2.31. The zero-order valence-corrected chi connectivity index (χ0v) is 16.8. The Morgan fingerprint density at radius 2 is 2.07 bits per heavy atom. The topological polar surface area (TPSA) is 73.2 Å². The zero-order chi connectivity index (χ0) is 19.7. The van der Waals surface area contributed by atoms with E-state index in [0.29, 0.717) is 29.2 Å². The first-order chi connectivity index (χ1) is 13.6. The molecule has 0 unspecified atom stereocenters. The molecule has 1 N–H and O–H groups in total. The molecule has 1 aliphatic rings. The van der Waals surface area contributed by atoms with Gasteiger partial charge < -0.3 is 4.74 Å². The normalized spacial score (nSPS) is 18.8. The van der Waals surface area contributed by atoms with Gasteiger partial charge in [0, 0.05) is 23.5 Å². The molecule has 0 radical (unpaired) electrons. The Bertz CT molecular complexity index is 1050. The molecule has 4 rings (SSSR count). The maximum atomic E-state index is 13.1. The van der Waals surface area contributed by atoms with Crippen molar-refractivity contribution in [1.82, 2.24) is 9.66 Å². The molecule has 7 heteroatoms. The monoisotopic (exact) mass is 397 g/mol. The van der Waals surface area contributed by atoms with Gasteiger partial charge in [-0.3, -0.25) is 15.0 Å². The van der Waals surface area contributed by atoms with Gasteiger partial charge in [-0.25, -0.2) is 9.66 Å². The van der Waals surface area contributed by atoms with Crippen molar-refractivity contribution in [2.24, 2.45) is 5.92 Å². The van der Waals surface area contributed by atoms with Crippen molar-refractivity contribution in [2.75, 3.05) is 12.0 Å². The van der Waals surface area contributed by atoms with Gasteiger partial charge in [0.1, 0.15) is 11.2 Å². The summed E-state index contributed by atoms with van der Waals surface area (Å²) in [5.74, 6) is 0.142. The number of benzene rings is 1. The maximum Gasteiger partial charge on any atom is 0.281 e. The van der Waals surface area contributed by atoms with Gasteiger partial charge in [0.15, 0.2) is 0 Å². The third-order valence-corrected chi connectivity index (χ3v) is 6.18. The molecule has 2 aromatic heterocycles. The smallest absolute Gasteiger partial charge is 0.281 e. The minimum absolute atomic E-state index is 0.170. The largest absolute Gasteiger partial charge is 0.378 e. The molecular weight excluding hydrogens is 374 g/mol. The van der Waals surface area contributed by atoms with Crippen molar-refractivity contribution in [2.45, 2.75) is 39.2 Å². The lowest BCUT2D eigenvalue weighted by atomic mass is 9.80. The average Bonchev–Trinajstić information content (AvgIpc) is 3.00. The molecule has 0 bridgehead atoms. The van der Waals surface area contributed by atoms with Gasteiger partial charge in [-0.15, -0.1) is 11.3 Å². The summed E-state index contributed by atoms with van der Waals surface area (Å²) in [6.45, 7) is 4.67. The van der Waals surface area contributed by atoms with Crippen LogP contribution in [0.5, 0.6) is 0 Å². The summed E-state index contributed by atoms with van der Waals surface area (Å²) >= 11 is 1.49. The van der Waals surface area contributed by atoms with Gasteiger partial charge >= 0.3 is 0 Å². The second kappa shape index (κ2) is 7.85. The van der Waals surface area contributed by atoms with Gasteiger partial charge in [-0.1, -0.05) is 30.3 Å². The molecule has 0 saturated heterocycles. The fourth-order valence-electron chi connectivity index (χ4n) is 3.79. The van der Waals surface area contributed by atoms with E-state index in [-0.39, 0.29) is 17.6 Å². The molecular formula is C21H23N3O3S. The number of nitrogens with one attached hydrogen (secondary N) is 1. The number of hydrogen-bond acceptors (Lipinski definition) is 5. The molecule has 0 spiro atoms. The molecule has 2 heterocycles. The van der Waals surface area contributed by atoms with Crippen LogP contribution in [0.25, 0.3) is 21.3 Å². The van der Waals surface area contributed by atoms with E-state index in [1.807, 2.05) is 44.2 Å². The van der Waals surface area contributed by atoms with E-state index >= 15 is 0 Å². The summed E-state index contributed by atoms with van der Waals surface area (Å²) in [5.41, 5.74) is 4.32. The number of thiophene rings is 1. The molecule has 1 amide bonds. The van der Waals surface area contributed by atoms with E-state index in [9.17, 15) is 9.59 Å². The van der Waals surface area contributed by atoms with Crippen LogP contribution >= 0.6 is 11.3 Å². The van der Waals surface area contributed by atoms with Crippen molar-refractivity contribution >= 4 is 27.5 Å². The number of aryl methyl sites for hydroxylation is 1. The highest BCUT2D eigenvalue weighted by molar-refractivity contribution is 7.19. The highest BCUT2D eigenvalue weighted by Crippen LogP contribution is 2.35. The van der Waals surface area contributed by atoms with E-state index in [4.69, 9.17) is 4.74 Å². The Labute approximate surface area is 167 Å². The molecule has 0 atom stereocenters. The highest BCUT2D eigenvalue weighted by atomic mass is 32.1. The lowest BCUT2D eigenvalue weighted by Gasteiger charge is -2.34. The fraction of sp³-hybridized carbons (Fsp3) is 0.381. The minimum atomic E-state index is -0.248. The molecule has 1 aliphatic carbocycles. The Hall–Kier alpha value is -2.51. The van der Waals surface area contributed by atoms with Gasteiger partial charge in [-0.05, 0) is 38.2 Å². The lowest BCUT2D eigenvalue weighted by Crippen LogP contribution is -2.38. The average molecular weight is 398 g/mol. The molecule has 3 aromatic rings. The number of hydrogen-bond donors (Lipinski definition) is 1. The van der Waals surface area contributed by atoms with Crippen molar-refractivity contribution in [3.05, 3.63) is 51.9 Å². The number of fused-ring (bicyclic) bond motifs is 1. The number of amides is 1. The van der Waals surface area contributed by atoms with E-state index in [2.05, 4.69) is 10.4 Å². The van der Waals surface area contributed by atoms with Gasteiger partial charge in [0.2, 0.25) is 5.91 Å². The number of rotatable bonds is 6. The van der Waals surface area contributed by atoms with Gasteiger partial charge in [-0.2, -0.15) is 0 Å². The zero-order valence-electron chi connectivity index (χ0n) is 16.0. The minimum Gasteiger partial charge on any atom is -0.378 e. The summed E-state index contributed by atoms with van der Waals surface area (Å²) < 4.78 is 6.75. The van der Waals surface area contributed by atoms with Crippen LogP contribution in [0.2, 0.25) is 0 Å². The molecule has 6 nitrogen and oxygen atoms in total. The lowest BCUT2D eigenvalue weighted by molar-refractivity contribution is -0.120. The van der Waals surface area contributed by atoms with Crippen LogP contribution in [0.15, 0.2) is 41.5 Å². The summed E-state index contributed by atoms with van der Waals surface area (Å²) in [6.07, 6.45) is 3.86. The van der Waals surface area contributed by atoms with Crippen LogP contribution in [0.4, 0.5) is 0 Å². The van der Waals surface area contributed by atoms with Crippen LogP contribution in [0, 0.1) is 12.8 Å². The van der Waals surface area contributed by atoms with Crippen molar-refractivity contribution in [3.8, 4) is 11.1 Å². The molecule has 1 saturated carbocycles. The maximum absolute atomic E-state index is 13.1. The molecule has 1 aromatic carbocycles. The van der Waals surface area contributed by atoms with E-state index in [0.717, 1.165) is 28.8 Å². The molecule has 1 fully saturated rings. The summed E-state index contributed by atoms with van der Waals surface area (Å²) in [6, 6.07) is 9.80. The second-order valence-corrected chi connectivity index (χ2v) is 8.36. The standard InChI is InChI=1S/C21H23N3O3S/c1-3-27-16-9-14(10-16)11-17(25)23-24-12-22-20-19(21(24)26)18(13(2)28-20)15-7-5-4-6-8-15/h4-8,12,14,16H,3,9-11H2,1-2H3,(H,23,25). The van der Waals surface area contributed by atoms with Crippen LogP contribution in [-0.4, -0.2) is 28.3 Å².